The van der Waals surface area contributed by atoms with E-state index in [2.05, 4.69) is 199 Å². The van der Waals surface area contributed by atoms with Gasteiger partial charge < -0.3 is 10.6 Å². The highest BCUT2D eigenvalue weighted by atomic mass is 15.0. The van der Waals surface area contributed by atoms with Gasteiger partial charge in [-0.15, -0.1) is 0 Å². The van der Waals surface area contributed by atoms with Crippen molar-refractivity contribution >= 4 is 33.7 Å². The van der Waals surface area contributed by atoms with E-state index in [-0.39, 0.29) is 35.3 Å². The molecule has 4 aliphatic carbocycles. The fourth-order valence-corrected chi connectivity index (χ4v) is 11.7. The van der Waals surface area contributed by atoms with Gasteiger partial charge in [-0.1, -0.05) is 158 Å². The summed E-state index contributed by atoms with van der Waals surface area (Å²) >= 11 is 0. The Morgan fingerprint density at radius 3 is 2.30 bits per heavy atom. The van der Waals surface area contributed by atoms with Gasteiger partial charge >= 0.3 is 0 Å². The van der Waals surface area contributed by atoms with Crippen molar-refractivity contribution in [3.05, 3.63) is 232 Å². The number of fused-ring (bicyclic) bond motifs is 9. The van der Waals surface area contributed by atoms with Crippen LogP contribution in [0.25, 0.3) is 32.9 Å². The highest BCUT2D eigenvalue weighted by molar-refractivity contribution is 6.12. The molecule has 0 amide bonds. The van der Waals surface area contributed by atoms with Crippen LogP contribution in [0.4, 0.5) is 0 Å². The van der Waals surface area contributed by atoms with Crippen LogP contribution >= 0.6 is 0 Å². The van der Waals surface area contributed by atoms with Gasteiger partial charge in [0.1, 0.15) is 0 Å². The van der Waals surface area contributed by atoms with E-state index in [1.807, 2.05) is 0 Å². The Kier molecular flexibility index (Phi) is 7.74. The first kappa shape index (κ1) is 34.9. The number of nitrogens with zero attached hydrogens (tertiary/aromatic N) is 3. The van der Waals surface area contributed by atoms with Crippen LogP contribution in [0.1, 0.15) is 33.7 Å². The summed E-state index contributed by atoms with van der Waals surface area (Å²) in [5.41, 5.74) is 14.4. The third kappa shape index (κ3) is 5.14. The fraction of sp³-hybridized carbons (Fsp3) is 0.161. The van der Waals surface area contributed by atoms with E-state index in [0.717, 1.165) is 41.3 Å². The molecule has 6 atom stereocenters. The van der Waals surface area contributed by atoms with Gasteiger partial charge in [0, 0.05) is 70.6 Å². The molecule has 292 valence electrons. The summed E-state index contributed by atoms with van der Waals surface area (Å²) in [6.45, 7) is 1.74. The zero-order chi connectivity index (χ0) is 40.1. The maximum Gasteiger partial charge on any atom is 0.154 e. The van der Waals surface area contributed by atoms with Crippen LogP contribution in [0.3, 0.4) is 0 Å². The van der Waals surface area contributed by atoms with E-state index in [1.54, 1.807) is 0 Å². The van der Waals surface area contributed by atoms with Gasteiger partial charge in [-0.3, -0.25) is 4.99 Å². The highest BCUT2D eigenvalue weighted by Crippen LogP contribution is 2.60. The number of hydrogen-bond acceptors (Lipinski definition) is 5. The van der Waals surface area contributed by atoms with Crippen molar-refractivity contribution in [3.63, 3.8) is 0 Å². The highest BCUT2D eigenvalue weighted by Gasteiger charge is 2.53. The first-order valence-electron chi connectivity index (χ1n) is 21.8. The Hall–Kier alpha value is -6.95. The summed E-state index contributed by atoms with van der Waals surface area (Å²) in [5.74, 6) is 1.70. The molecule has 0 radical (unpaired) electrons. The molecule has 2 N–H and O–H groups in total. The monoisotopic (exact) mass is 785 g/mol. The molecule has 4 heterocycles. The molecule has 5 heteroatoms. The van der Waals surface area contributed by atoms with Crippen LogP contribution in [0, 0.1) is 17.8 Å². The van der Waals surface area contributed by atoms with Crippen molar-refractivity contribution in [2.24, 2.45) is 27.7 Å². The number of aliphatic imine (C=N–C) groups is 2. The average molecular weight is 786 g/mol. The molecule has 6 aromatic rings. The Balaban J connectivity index is 0.910. The van der Waals surface area contributed by atoms with Crippen LogP contribution in [-0.4, -0.2) is 42.2 Å². The summed E-state index contributed by atoms with van der Waals surface area (Å²) < 4.78 is 0. The number of amidine groups is 1. The molecular formula is C56H43N5. The second kappa shape index (κ2) is 13.5. The van der Waals surface area contributed by atoms with Crippen molar-refractivity contribution in [1.82, 2.24) is 15.6 Å². The minimum atomic E-state index is -0.363. The molecule has 0 fully saturated rings. The van der Waals surface area contributed by atoms with E-state index in [0.29, 0.717) is 5.92 Å². The molecule has 0 saturated carbocycles. The predicted octanol–water partition coefficient (Wildman–Crippen LogP) is 10.5. The van der Waals surface area contributed by atoms with Crippen molar-refractivity contribution in [2.45, 2.75) is 23.4 Å². The largest absolute Gasteiger partial charge is 0.383 e. The first-order chi connectivity index (χ1) is 30.2. The Morgan fingerprint density at radius 1 is 0.639 bits per heavy atom. The fourth-order valence-electron chi connectivity index (χ4n) is 11.7. The van der Waals surface area contributed by atoms with Crippen LogP contribution < -0.4 is 10.6 Å². The maximum absolute atomic E-state index is 5.45. The van der Waals surface area contributed by atoms with E-state index in [4.69, 9.17) is 15.0 Å². The average Bonchev–Trinajstić information content (AvgIpc) is 3.61. The van der Waals surface area contributed by atoms with Gasteiger partial charge in [-0.2, -0.15) is 0 Å². The van der Waals surface area contributed by atoms with Gasteiger partial charge in [-0.25, -0.2) is 9.98 Å². The number of rotatable bonds is 5. The molecule has 5 aromatic carbocycles. The molecule has 7 aliphatic rings. The van der Waals surface area contributed by atoms with Crippen LogP contribution in [0.2, 0.25) is 0 Å². The lowest BCUT2D eigenvalue weighted by Gasteiger charge is -2.43. The number of hydrogen-bond donors (Lipinski definition) is 2. The molecule has 0 spiro atoms. The van der Waals surface area contributed by atoms with E-state index in [9.17, 15) is 0 Å². The van der Waals surface area contributed by atoms with Crippen molar-refractivity contribution in [2.75, 3.05) is 13.1 Å². The van der Waals surface area contributed by atoms with E-state index < -0.39 is 0 Å². The van der Waals surface area contributed by atoms with Crippen LogP contribution in [-0.2, 0) is 5.41 Å². The molecule has 5 nitrogen and oxygen atoms in total. The number of dihydropyridines is 1. The molecule has 4 unspecified atom stereocenters. The Labute approximate surface area is 355 Å². The normalized spacial score (nSPS) is 26.0. The second-order valence-corrected chi connectivity index (χ2v) is 17.4. The summed E-state index contributed by atoms with van der Waals surface area (Å²) in [5, 5.41) is 11.0. The van der Waals surface area contributed by atoms with Crippen molar-refractivity contribution in [3.8, 4) is 11.3 Å². The third-order valence-corrected chi connectivity index (χ3v) is 14.4. The number of benzene rings is 5. The number of aromatic nitrogens is 1. The van der Waals surface area contributed by atoms with Gasteiger partial charge in [0.25, 0.3) is 0 Å². The zero-order valence-corrected chi connectivity index (χ0v) is 33.6. The molecule has 0 bridgehead atoms. The maximum atomic E-state index is 5.45. The lowest BCUT2D eigenvalue weighted by molar-refractivity contribution is 0.455. The smallest absolute Gasteiger partial charge is 0.154 e. The lowest BCUT2D eigenvalue weighted by Crippen LogP contribution is -2.49. The van der Waals surface area contributed by atoms with E-state index >= 15 is 0 Å². The molecular weight excluding hydrogens is 743 g/mol. The van der Waals surface area contributed by atoms with Gasteiger partial charge in [-0.05, 0) is 68.6 Å². The second-order valence-electron chi connectivity index (χ2n) is 17.4. The number of para-hydroxylation sites is 1. The van der Waals surface area contributed by atoms with Gasteiger partial charge in [0.2, 0.25) is 0 Å². The summed E-state index contributed by atoms with van der Waals surface area (Å²) in [6, 6.07) is 45.0. The number of allylic oxidation sites excluding steroid dienone is 7. The van der Waals surface area contributed by atoms with Crippen molar-refractivity contribution < 1.29 is 0 Å². The quantitative estimate of drug-likeness (QED) is 0.171. The first-order valence-corrected chi connectivity index (χ1v) is 21.8. The molecule has 3 aliphatic heterocycles. The molecule has 61 heavy (non-hydrogen) atoms. The van der Waals surface area contributed by atoms with Gasteiger partial charge in [0.15, 0.2) is 5.84 Å². The number of nitrogens with one attached hydrogen (secondary N) is 2. The minimum absolute atomic E-state index is 0.0840. The Morgan fingerprint density at radius 2 is 1.44 bits per heavy atom. The van der Waals surface area contributed by atoms with Crippen molar-refractivity contribution in [1.29, 1.82) is 0 Å². The van der Waals surface area contributed by atoms with Crippen LogP contribution in [0.5, 0.6) is 0 Å². The number of pyridine rings is 1. The SMILES string of the molecule is C1=CC2c3cc4c(-c5cccc(C6=NC7C=C(C8=CCN[C@@H]9C%10=C(C=CCN%10)C=CC89)[C@H]7C=N6)c5)nc5ccccc5c4cc3C(c3ccccc3)(c3ccccc3)C2C=C1. The predicted molar refractivity (Wildman–Crippen MR) is 249 cm³/mol. The zero-order valence-electron chi connectivity index (χ0n) is 33.6. The molecule has 1 aromatic heterocycles. The van der Waals surface area contributed by atoms with Crippen LogP contribution in [0.15, 0.2) is 214 Å². The molecule has 0 saturated heterocycles. The molecule has 13 rings (SSSR count). The summed E-state index contributed by atoms with van der Waals surface area (Å²) in [4.78, 5) is 15.8. The minimum Gasteiger partial charge on any atom is -0.383 e. The third-order valence-electron chi connectivity index (χ3n) is 14.4. The standard InChI is InChI=1S/C56H43N5/c1-3-16-37(17-4-1)56(38-18-5-2-6-19-38)48-22-9-7-20-40(48)45-30-46-43(31-49(45)56)41-21-8-10-23-50(41)60-52(46)35-13-11-14-36(29-35)55-59-33-47-44(32-51(47)61-55)39-26-28-58-54-42(39)25-24-34-15-12-27-57-53(34)54/h1-26,29-33,40,42,47-48,51,54,57-58H,27-28H2/t40?,42?,47-,48?,51?,54+/m1/s1. The summed E-state index contributed by atoms with van der Waals surface area (Å²) in [6.07, 6.45) is 25.3. The summed E-state index contributed by atoms with van der Waals surface area (Å²) in [7, 11) is 0. The Bertz CT molecular complexity index is 3080. The lowest BCUT2D eigenvalue weighted by atomic mass is 9.63. The van der Waals surface area contributed by atoms with E-state index in [1.165, 1.54) is 60.8 Å². The topological polar surface area (TPSA) is 61.7 Å². The van der Waals surface area contributed by atoms with Gasteiger partial charge in [0.05, 0.1) is 28.7 Å².